The van der Waals surface area contributed by atoms with Gasteiger partial charge in [-0.05, 0) is 32.1 Å². The number of amides is 1. The predicted molar refractivity (Wildman–Crippen MR) is 84.7 cm³/mol. The minimum Gasteiger partial charge on any atom is -0.346 e. The first kappa shape index (κ1) is 19.1. The van der Waals surface area contributed by atoms with Crippen LogP contribution in [-0.4, -0.2) is 17.7 Å². The van der Waals surface area contributed by atoms with Crippen LogP contribution in [0.2, 0.25) is 0 Å². The average Bonchev–Trinajstić information content (AvgIpc) is 2.40. The zero-order valence-electron chi connectivity index (χ0n) is 13.8. The Bertz CT molecular complexity index is 276. The first-order chi connectivity index (χ1) is 9.54. The van der Waals surface area contributed by atoms with Crippen LogP contribution in [0.25, 0.3) is 0 Å². The van der Waals surface area contributed by atoms with Gasteiger partial charge in [0.15, 0.2) is 5.78 Å². The van der Waals surface area contributed by atoms with Gasteiger partial charge in [-0.25, -0.2) is 0 Å². The second-order valence-electron chi connectivity index (χ2n) is 5.86. The number of hydrogen-bond acceptors (Lipinski definition) is 2. The van der Waals surface area contributed by atoms with E-state index >= 15 is 0 Å². The van der Waals surface area contributed by atoms with Gasteiger partial charge in [-0.3, -0.25) is 9.59 Å². The molecule has 0 bridgehead atoms. The van der Waals surface area contributed by atoms with Crippen molar-refractivity contribution in [2.45, 2.75) is 91.5 Å². The molecular weight excluding hydrogens is 250 g/mol. The second-order valence-corrected chi connectivity index (χ2v) is 5.86. The lowest BCUT2D eigenvalue weighted by Crippen LogP contribution is -2.39. The predicted octanol–water partition coefficient (Wildman–Crippen LogP) is 4.25. The van der Waals surface area contributed by atoms with Gasteiger partial charge < -0.3 is 5.32 Å². The summed E-state index contributed by atoms with van der Waals surface area (Å²) in [6.07, 6.45) is 9.33. The van der Waals surface area contributed by atoms with E-state index in [0.717, 1.165) is 19.3 Å². The maximum Gasteiger partial charge on any atom is 0.220 e. The maximum absolute atomic E-state index is 11.7. The van der Waals surface area contributed by atoms with E-state index in [9.17, 15) is 9.59 Å². The van der Waals surface area contributed by atoms with Crippen molar-refractivity contribution in [3.8, 4) is 0 Å². The van der Waals surface area contributed by atoms with Crippen LogP contribution in [0.5, 0.6) is 0 Å². The first-order valence-corrected chi connectivity index (χ1v) is 8.34. The van der Waals surface area contributed by atoms with Crippen LogP contribution >= 0.6 is 0 Å². The van der Waals surface area contributed by atoms with Crippen molar-refractivity contribution >= 4 is 11.7 Å². The van der Waals surface area contributed by atoms with Gasteiger partial charge in [-0.2, -0.15) is 0 Å². The fourth-order valence-electron chi connectivity index (χ4n) is 2.61. The molecule has 2 unspecified atom stereocenters. The molecule has 0 saturated carbocycles. The van der Waals surface area contributed by atoms with E-state index in [4.69, 9.17) is 0 Å². The Kier molecular flexibility index (Phi) is 11.4. The van der Waals surface area contributed by atoms with Gasteiger partial charge in [0.25, 0.3) is 0 Å². The molecule has 3 heteroatoms. The number of rotatable bonds is 12. The molecule has 1 N–H and O–H groups in total. The van der Waals surface area contributed by atoms with Crippen LogP contribution in [0.3, 0.4) is 0 Å². The summed E-state index contributed by atoms with van der Waals surface area (Å²) in [6, 6.07) is -0.282. The maximum atomic E-state index is 11.7. The Morgan fingerprint density at radius 1 is 0.900 bits per heavy atom. The van der Waals surface area contributed by atoms with E-state index in [1.165, 1.54) is 32.1 Å². The quantitative estimate of drug-likeness (QED) is 0.582. The van der Waals surface area contributed by atoms with Gasteiger partial charge in [0, 0.05) is 6.42 Å². The Balaban J connectivity index is 4.27. The number of carbonyl (C=O) groups is 2. The summed E-state index contributed by atoms with van der Waals surface area (Å²) in [6.45, 7) is 7.99. The van der Waals surface area contributed by atoms with Crippen LogP contribution in [0.15, 0.2) is 0 Å². The van der Waals surface area contributed by atoms with Crippen LogP contribution in [0, 0.1) is 5.92 Å². The number of unbranched alkanes of at least 4 members (excludes halogenated alkanes) is 1. The number of carbonyl (C=O) groups excluding carboxylic acids is 2. The van der Waals surface area contributed by atoms with Gasteiger partial charge in [-0.1, -0.05) is 52.9 Å². The molecular formula is C17H33NO2. The van der Waals surface area contributed by atoms with Crippen molar-refractivity contribution in [3.05, 3.63) is 0 Å². The molecule has 0 heterocycles. The number of hydrogen-bond donors (Lipinski definition) is 1. The lowest BCUT2D eigenvalue weighted by Gasteiger charge is -2.20. The highest BCUT2D eigenvalue weighted by atomic mass is 16.2. The molecule has 3 nitrogen and oxygen atoms in total. The van der Waals surface area contributed by atoms with Crippen molar-refractivity contribution in [3.63, 3.8) is 0 Å². The molecule has 20 heavy (non-hydrogen) atoms. The van der Waals surface area contributed by atoms with Crippen LogP contribution in [0.1, 0.15) is 85.5 Å². The van der Waals surface area contributed by atoms with Crippen molar-refractivity contribution in [1.82, 2.24) is 5.32 Å². The number of Topliss-reactive ketones (excluding diaryl/α,β-unsaturated/α-hetero) is 1. The molecule has 0 rings (SSSR count). The molecule has 0 aliphatic heterocycles. The van der Waals surface area contributed by atoms with Gasteiger partial charge in [-0.15, -0.1) is 0 Å². The molecule has 0 aliphatic carbocycles. The standard InChI is InChI=1S/C17H33NO2/c1-5-8-11-15(9-6-2)12-13-16(14(4)19)18-17(20)10-7-3/h15-16H,5-13H2,1-4H3,(H,18,20). The Hall–Kier alpha value is -0.860. The molecule has 1 amide bonds. The average molecular weight is 283 g/mol. The Labute approximate surface area is 124 Å². The monoisotopic (exact) mass is 283 g/mol. The SMILES string of the molecule is CCCCC(CCC)CCC(NC(=O)CCC)C(C)=O. The van der Waals surface area contributed by atoms with E-state index < -0.39 is 0 Å². The number of ketones is 1. The van der Waals surface area contributed by atoms with E-state index in [0.29, 0.717) is 12.3 Å². The molecule has 0 aromatic rings. The van der Waals surface area contributed by atoms with E-state index in [1.54, 1.807) is 6.92 Å². The molecule has 0 aliphatic rings. The minimum atomic E-state index is -0.282. The fraction of sp³-hybridized carbons (Fsp3) is 0.882. The molecule has 2 atom stereocenters. The number of nitrogens with one attached hydrogen (secondary N) is 1. The lowest BCUT2D eigenvalue weighted by molar-refractivity contribution is -0.127. The summed E-state index contributed by atoms with van der Waals surface area (Å²) < 4.78 is 0. The van der Waals surface area contributed by atoms with Crippen LogP contribution in [-0.2, 0) is 9.59 Å². The normalized spacial score (nSPS) is 13.8. The summed E-state index contributed by atoms with van der Waals surface area (Å²) in [7, 11) is 0. The van der Waals surface area contributed by atoms with Crippen LogP contribution in [0.4, 0.5) is 0 Å². The molecule has 0 spiro atoms. The van der Waals surface area contributed by atoms with Gasteiger partial charge >= 0.3 is 0 Å². The van der Waals surface area contributed by atoms with Crippen molar-refractivity contribution in [2.24, 2.45) is 5.92 Å². The third-order valence-electron chi connectivity index (χ3n) is 3.83. The van der Waals surface area contributed by atoms with Crippen molar-refractivity contribution in [2.75, 3.05) is 0 Å². The Morgan fingerprint density at radius 2 is 1.60 bits per heavy atom. The van der Waals surface area contributed by atoms with Gasteiger partial charge in [0.05, 0.1) is 6.04 Å². The summed E-state index contributed by atoms with van der Waals surface area (Å²) in [5.41, 5.74) is 0. The Morgan fingerprint density at radius 3 is 2.10 bits per heavy atom. The van der Waals surface area contributed by atoms with Crippen molar-refractivity contribution in [1.29, 1.82) is 0 Å². The smallest absolute Gasteiger partial charge is 0.220 e. The summed E-state index contributed by atoms with van der Waals surface area (Å²) in [5, 5.41) is 2.88. The summed E-state index contributed by atoms with van der Waals surface area (Å²) in [4.78, 5) is 23.3. The summed E-state index contributed by atoms with van der Waals surface area (Å²) >= 11 is 0. The summed E-state index contributed by atoms with van der Waals surface area (Å²) in [5.74, 6) is 0.790. The lowest BCUT2D eigenvalue weighted by atomic mass is 9.90. The molecule has 0 radical (unpaired) electrons. The topological polar surface area (TPSA) is 46.2 Å². The molecule has 118 valence electrons. The highest BCUT2D eigenvalue weighted by molar-refractivity contribution is 5.87. The van der Waals surface area contributed by atoms with E-state index in [1.807, 2.05) is 6.92 Å². The van der Waals surface area contributed by atoms with E-state index in [-0.39, 0.29) is 17.7 Å². The van der Waals surface area contributed by atoms with Crippen LogP contribution < -0.4 is 5.32 Å². The third kappa shape index (κ3) is 9.11. The third-order valence-corrected chi connectivity index (χ3v) is 3.83. The largest absolute Gasteiger partial charge is 0.346 e. The molecule has 0 aromatic heterocycles. The fourth-order valence-corrected chi connectivity index (χ4v) is 2.61. The zero-order chi connectivity index (χ0) is 15.4. The van der Waals surface area contributed by atoms with Crippen molar-refractivity contribution < 1.29 is 9.59 Å². The highest BCUT2D eigenvalue weighted by Gasteiger charge is 2.18. The second kappa shape index (κ2) is 11.9. The molecule has 0 saturated heterocycles. The first-order valence-electron chi connectivity index (χ1n) is 8.34. The molecule has 0 fully saturated rings. The van der Waals surface area contributed by atoms with E-state index in [2.05, 4.69) is 19.2 Å². The van der Waals surface area contributed by atoms with Gasteiger partial charge in [0.2, 0.25) is 5.91 Å². The highest BCUT2D eigenvalue weighted by Crippen LogP contribution is 2.21. The zero-order valence-corrected chi connectivity index (χ0v) is 13.8. The minimum absolute atomic E-state index is 0.00768. The van der Waals surface area contributed by atoms with Gasteiger partial charge in [0.1, 0.15) is 0 Å². The molecule has 0 aromatic carbocycles.